The molecule has 0 saturated carbocycles. The Morgan fingerprint density at radius 1 is 1.31 bits per heavy atom. The van der Waals surface area contributed by atoms with Crippen molar-refractivity contribution in [2.45, 2.75) is 0 Å². The van der Waals surface area contributed by atoms with Crippen LogP contribution in [-0.4, -0.2) is 27.2 Å². The Labute approximate surface area is 88.3 Å². The largest absolute Gasteiger partial charge is 0.478 e. The van der Waals surface area contributed by atoms with Gasteiger partial charge in [0.05, 0.1) is 10.5 Å². The second-order valence-corrected chi connectivity index (χ2v) is 2.72. The smallest absolute Gasteiger partial charge is 0.409 e. The number of rotatable bonds is 3. The van der Waals surface area contributed by atoms with Crippen molar-refractivity contribution in [2.24, 2.45) is 0 Å². The van der Waals surface area contributed by atoms with E-state index in [1.54, 1.807) is 5.32 Å². The standard InChI is InChI=1S/C8H6N2O6/c11-7(12)4-1-2-5(9-8(13)14)6(3-4)10(15)16/h1-3,9H,(H,11,12)(H,13,14). The number of hydrogen-bond acceptors (Lipinski definition) is 4. The predicted molar refractivity (Wildman–Crippen MR) is 51.7 cm³/mol. The number of nitrogens with one attached hydrogen (secondary N) is 1. The second-order valence-electron chi connectivity index (χ2n) is 2.72. The lowest BCUT2D eigenvalue weighted by molar-refractivity contribution is -0.384. The van der Waals surface area contributed by atoms with Crippen molar-refractivity contribution in [3.63, 3.8) is 0 Å². The highest BCUT2D eigenvalue weighted by atomic mass is 16.6. The minimum Gasteiger partial charge on any atom is -0.478 e. The number of carboxylic acid groups (broad SMARTS) is 2. The first-order valence-electron chi connectivity index (χ1n) is 3.93. The summed E-state index contributed by atoms with van der Waals surface area (Å²) in [5.74, 6) is -1.33. The number of carboxylic acids is 1. The van der Waals surface area contributed by atoms with Crippen LogP contribution < -0.4 is 5.32 Å². The SMILES string of the molecule is O=C(O)Nc1ccc(C(=O)O)cc1[N+](=O)[O-]. The highest BCUT2D eigenvalue weighted by molar-refractivity contribution is 5.92. The maximum atomic E-state index is 10.6. The molecule has 16 heavy (non-hydrogen) atoms. The van der Waals surface area contributed by atoms with Crippen LogP contribution in [0.5, 0.6) is 0 Å². The number of benzene rings is 1. The first-order valence-corrected chi connectivity index (χ1v) is 3.93. The average molecular weight is 226 g/mol. The minimum atomic E-state index is -1.47. The summed E-state index contributed by atoms with van der Waals surface area (Å²) in [6, 6.07) is 2.88. The molecule has 0 atom stereocenters. The minimum absolute atomic E-state index is 0.275. The van der Waals surface area contributed by atoms with Gasteiger partial charge in [0.25, 0.3) is 5.69 Å². The number of nitrogens with zero attached hydrogens (tertiary/aromatic N) is 1. The molecule has 0 saturated heterocycles. The molecule has 0 aliphatic heterocycles. The maximum absolute atomic E-state index is 10.6. The zero-order valence-electron chi connectivity index (χ0n) is 7.71. The molecule has 1 rings (SSSR count). The van der Waals surface area contributed by atoms with Crippen molar-refractivity contribution in [3.05, 3.63) is 33.9 Å². The van der Waals surface area contributed by atoms with Crippen LogP contribution in [0.25, 0.3) is 0 Å². The molecule has 0 radical (unpaired) electrons. The Hall–Kier alpha value is -2.64. The molecule has 8 heteroatoms. The third kappa shape index (κ3) is 2.44. The molecule has 8 nitrogen and oxygen atoms in total. The molecule has 0 fully saturated rings. The summed E-state index contributed by atoms with van der Waals surface area (Å²) in [7, 11) is 0. The van der Waals surface area contributed by atoms with Crippen molar-refractivity contribution < 1.29 is 24.7 Å². The maximum Gasteiger partial charge on any atom is 0.409 e. The topological polar surface area (TPSA) is 130 Å². The van der Waals surface area contributed by atoms with Crippen LogP contribution in [0.1, 0.15) is 10.4 Å². The molecule has 0 aliphatic carbocycles. The zero-order valence-corrected chi connectivity index (χ0v) is 7.71. The van der Waals surface area contributed by atoms with Crippen molar-refractivity contribution in [1.82, 2.24) is 0 Å². The van der Waals surface area contributed by atoms with Gasteiger partial charge >= 0.3 is 12.1 Å². The zero-order chi connectivity index (χ0) is 12.3. The van der Waals surface area contributed by atoms with Crippen LogP contribution in [0.2, 0.25) is 0 Å². The lowest BCUT2D eigenvalue weighted by atomic mass is 10.2. The average Bonchev–Trinajstić information content (AvgIpc) is 2.16. The molecular weight excluding hydrogens is 220 g/mol. The summed E-state index contributed by atoms with van der Waals surface area (Å²) in [5, 5.41) is 29.4. The normalized spacial score (nSPS) is 9.50. The van der Waals surface area contributed by atoms with E-state index >= 15 is 0 Å². The van der Waals surface area contributed by atoms with Crippen LogP contribution in [-0.2, 0) is 0 Å². The number of anilines is 1. The van der Waals surface area contributed by atoms with Gasteiger partial charge in [0, 0.05) is 6.07 Å². The molecule has 0 aliphatic rings. The number of nitro groups is 1. The molecular formula is C8H6N2O6. The Balaban J connectivity index is 3.24. The van der Waals surface area contributed by atoms with E-state index in [-0.39, 0.29) is 11.3 Å². The fraction of sp³-hybridized carbons (Fsp3) is 0. The van der Waals surface area contributed by atoms with Gasteiger partial charge in [0.1, 0.15) is 5.69 Å². The number of carbonyl (C=O) groups is 2. The van der Waals surface area contributed by atoms with Gasteiger partial charge in [-0.3, -0.25) is 15.4 Å². The Bertz CT molecular complexity index is 470. The summed E-state index contributed by atoms with van der Waals surface area (Å²) in [6.45, 7) is 0. The number of aromatic carboxylic acids is 1. The predicted octanol–water partition coefficient (Wildman–Crippen LogP) is 1.38. The molecule has 1 aromatic rings. The second kappa shape index (κ2) is 4.26. The van der Waals surface area contributed by atoms with Crippen molar-refractivity contribution in [2.75, 3.05) is 5.32 Å². The Kier molecular flexibility index (Phi) is 3.04. The van der Waals surface area contributed by atoms with Crippen LogP contribution in [0.3, 0.4) is 0 Å². The van der Waals surface area contributed by atoms with Gasteiger partial charge in [-0.15, -0.1) is 0 Å². The summed E-state index contributed by atoms with van der Waals surface area (Å²) in [6.07, 6.45) is -1.47. The van der Waals surface area contributed by atoms with Gasteiger partial charge in [-0.05, 0) is 12.1 Å². The summed E-state index contributed by atoms with van der Waals surface area (Å²) >= 11 is 0. The van der Waals surface area contributed by atoms with Gasteiger partial charge in [0.2, 0.25) is 0 Å². The monoisotopic (exact) mass is 226 g/mol. The van der Waals surface area contributed by atoms with Crippen LogP contribution in [0.4, 0.5) is 16.2 Å². The first kappa shape index (κ1) is 11.4. The molecule has 0 spiro atoms. The fourth-order valence-electron chi connectivity index (χ4n) is 1.04. The fourth-order valence-corrected chi connectivity index (χ4v) is 1.04. The molecule has 0 bridgehead atoms. The number of nitro benzene ring substituents is 1. The van der Waals surface area contributed by atoms with Crippen molar-refractivity contribution in [3.8, 4) is 0 Å². The quantitative estimate of drug-likeness (QED) is 0.527. The summed E-state index contributed by atoms with van der Waals surface area (Å²) in [5.41, 5.74) is -1.17. The first-order chi connectivity index (χ1) is 7.41. The molecule has 3 N–H and O–H groups in total. The van der Waals surface area contributed by atoms with Gasteiger partial charge in [-0.2, -0.15) is 0 Å². The van der Waals surface area contributed by atoms with Crippen LogP contribution >= 0.6 is 0 Å². The number of amides is 1. The molecule has 84 valence electrons. The third-order valence-electron chi connectivity index (χ3n) is 1.68. The lowest BCUT2D eigenvalue weighted by Crippen LogP contribution is -2.10. The van der Waals surface area contributed by atoms with E-state index in [1.807, 2.05) is 0 Å². The lowest BCUT2D eigenvalue weighted by Gasteiger charge is -2.02. The summed E-state index contributed by atoms with van der Waals surface area (Å²) in [4.78, 5) is 30.6. The molecule has 1 aromatic carbocycles. The molecule has 0 unspecified atom stereocenters. The van der Waals surface area contributed by atoms with E-state index in [2.05, 4.69) is 0 Å². The van der Waals surface area contributed by atoms with Crippen LogP contribution in [0, 0.1) is 10.1 Å². The van der Waals surface area contributed by atoms with E-state index in [4.69, 9.17) is 10.2 Å². The van der Waals surface area contributed by atoms with Crippen LogP contribution in [0.15, 0.2) is 18.2 Å². The third-order valence-corrected chi connectivity index (χ3v) is 1.68. The molecule has 0 aromatic heterocycles. The number of hydrogen-bond donors (Lipinski definition) is 3. The highest BCUT2D eigenvalue weighted by Crippen LogP contribution is 2.25. The van der Waals surface area contributed by atoms with Gasteiger partial charge in [-0.1, -0.05) is 0 Å². The molecule has 0 heterocycles. The van der Waals surface area contributed by atoms with E-state index in [1.165, 1.54) is 0 Å². The van der Waals surface area contributed by atoms with E-state index in [0.29, 0.717) is 0 Å². The highest BCUT2D eigenvalue weighted by Gasteiger charge is 2.18. The van der Waals surface area contributed by atoms with Crippen molar-refractivity contribution in [1.29, 1.82) is 0 Å². The van der Waals surface area contributed by atoms with E-state index < -0.39 is 22.7 Å². The van der Waals surface area contributed by atoms with Gasteiger partial charge in [0.15, 0.2) is 0 Å². The van der Waals surface area contributed by atoms with Crippen molar-refractivity contribution >= 4 is 23.4 Å². The molecule has 1 amide bonds. The summed E-state index contributed by atoms with van der Waals surface area (Å²) < 4.78 is 0. The Morgan fingerprint density at radius 2 is 1.94 bits per heavy atom. The Morgan fingerprint density at radius 3 is 2.38 bits per heavy atom. The van der Waals surface area contributed by atoms with Gasteiger partial charge < -0.3 is 10.2 Å². The van der Waals surface area contributed by atoms with E-state index in [9.17, 15) is 19.7 Å². The van der Waals surface area contributed by atoms with Gasteiger partial charge in [-0.25, -0.2) is 9.59 Å². The van der Waals surface area contributed by atoms with E-state index in [0.717, 1.165) is 18.2 Å².